The maximum atomic E-state index is 12.1. The zero-order valence-electron chi connectivity index (χ0n) is 15.3. The maximum absolute atomic E-state index is 12.1. The fourth-order valence-electron chi connectivity index (χ4n) is 3.21. The van der Waals surface area contributed by atoms with Crippen LogP contribution in [0.4, 0.5) is 0 Å². The van der Waals surface area contributed by atoms with Crippen LogP contribution in [0.1, 0.15) is 43.5 Å². The lowest BCUT2D eigenvalue weighted by Crippen LogP contribution is -2.45. The van der Waals surface area contributed by atoms with Crippen LogP contribution < -0.4 is 14.8 Å². The highest BCUT2D eigenvalue weighted by Crippen LogP contribution is 2.29. The van der Waals surface area contributed by atoms with Crippen LogP contribution in [0.3, 0.4) is 0 Å². The molecular weight excluding hydrogens is 322 g/mol. The number of methoxy groups -OCH3 is 2. The Bertz CT molecular complexity index is 616. The number of ether oxygens (including phenoxy) is 3. The lowest BCUT2D eigenvalue weighted by atomic mass is 9.78. The molecule has 0 unspecified atom stereocenters. The molecule has 0 aliphatic heterocycles. The Morgan fingerprint density at radius 1 is 1.12 bits per heavy atom. The van der Waals surface area contributed by atoms with Crippen LogP contribution in [-0.4, -0.2) is 38.7 Å². The SMILES string of the molecule is COc1ccc(C(=O)OCC(=O)N[C@H]2CCC[C@@H](C)[C@@H]2C)cc1OC. The number of benzene rings is 1. The molecule has 1 fully saturated rings. The predicted molar refractivity (Wildman–Crippen MR) is 93.9 cm³/mol. The van der Waals surface area contributed by atoms with Crippen LogP contribution in [0.15, 0.2) is 18.2 Å². The van der Waals surface area contributed by atoms with E-state index in [9.17, 15) is 9.59 Å². The summed E-state index contributed by atoms with van der Waals surface area (Å²) in [6, 6.07) is 4.88. The Labute approximate surface area is 148 Å². The third-order valence-electron chi connectivity index (χ3n) is 5.01. The van der Waals surface area contributed by atoms with Crippen molar-refractivity contribution < 1.29 is 23.8 Å². The van der Waals surface area contributed by atoms with Crippen molar-refractivity contribution in [1.82, 2.24) is 5.32 Å². The molecule has 0 aromatic heterocycles. The molecule has 1 aromatic carbocycles. The largest absolute Gasteiger partial charge is 0.493 e. The Morgan fingerprint density at radius 3 is 2.52 bits per heavy atom. The van der Waals surface area contributed by atoms with Gasteiger partial charge in [-0.3, -0.25) is 4.79 Å². The van der Waals surface area contributed by atoms with Gasteiger partial charge in [-0.1, -0.05) is 26.7 Å². The van der Waals surface area contributed by atoms with Gasteiger partial charge in [0.2, 0.25) is 0 Å². The summed E-state index contributed by atoms with van der Waals surface area (Å²) in [5.41, 5.74) is 0.310. The van der Waals surface area contributed by atoms with Gasteiger partial charge >= 0.3 is 5.97 Å². The number of carbonyl (C=O) groups excluding carboxylic acids is 2. The molecule has 0 radical (unpaired) electrons. The van der Waals surface area contributed by atoms with Gasteiger partial charge in [-0.15, -0.1) is 0 Å². The van der Waals surface area contributed by atoms with Gasteiger partial charge < -0.3 is 19.5 Å². The summed E-state index contributed by atoms with van der Waals surface area (Å²) in [5, 5.41) is 2.99. The summed E-state index contributed by atoms with van der Waals surface area (Å²) in [5.74, 6) is 1.15. The molecule has 2 rings (SSSR count). The second-order valence-electron chi connectivity index (χ2n) is 6.59. The second-order valence-corrected chi connectivity index (χ2v) is 6.59. The van der Waals surface area contributed by atoms with Crippen LogP contribution in [0.2, 0.25) is 0 Å². The summed E-state index contributed by atoms with van der Waals surface area (Å²) in [4.78, 5) is 24.2. The van der Waals surface area contributed by atoms with Gasteiger partial charge in [0.05, 0.1) is 19.8 Å². The Hall–Kier alpha value is -2.24. The second kappa shape index (κ2) is 8.74. The molecule has 0 saturated heterocycles. The first kappa shape index (κ1) is 19.1. The zero-order chi connectivity index (χ0) is 18.4. The molecular formula is C19H27NO5. The van der Waals surface area contributed by atoms with Gasteiger partial charge in [0, 0.05) is 6.04 Å². The highest BCUT2D eigenvalue weighted by atomic mass is 16.5. The molecule has 1 saturated carbocycles. The Balaban J connectivity index is 1.88. The van der Waals surface area contributed by atoms with E-state index in [0.717, 1.165) is 12.8 Å². The number of carbonyl (C=O) groups is 2. The highest BCUT2D eigenvalue weighted by molar-refractivity contribution is 5.92. The van der Waals surface area contributed by atoms with Crippen LogP contribution >= 0.6 is 0 Å². The van der Waals surface area contributed by atoms with E-state index in [1.807, 2.05) is 0 Å². The van der Waals surface area contributed by atoms with Crippen LogP contribution in [-0.2, 0) is 9.53 Å². The minimum absolute atomic E-state index is 0.149. The number of esters is 1. The summed E-state index contributed by atoms with van der Waals surface area (Å²) in [6.07, 6.45) is 3.28. The topological polar surface area (TPSA) is 73.9 Å². The van der Waals surface area contributed by atoms with E-state index < -0.39 is 5.97 Å². The molecule has 6 nitrogen and oxygen atoms in total. The third kappa shape index (κ3) is 4.87. The Kier molecular flexibility index (Phi) is 6.67. The maximum Gasteiger partial charge on any atom is 0.338 e. The summed E-state index contributed by atoms with van der Waals surface area (Å²) >= 11 is 0. The van der Waals surface area contributed by atoms with Gasteiger partial charge in [0.25, 0.3) is 5.91 Å². The summed E-state index contributed by atoms with van der Waals surface area (Å²) in [6.45, 7) is 4.08. The lowest BCUT2D eigenvalue weighted by molar-refractivity contribution is -0.125. The van der Waals surface area contributed by atoms with E-state index in [-0.39, 0.29) is 18.6 Å². The number of hydrogen-bond acceptors (Lipinski definition) is 5. The number of nitrogens with one attached hydrogen (secondary N) is 1. The molecule has 3 atom stereocenters. The molecule has 1 amide bonds. The number of hydrogen-bond donors (Lipinski definition) is 1. The van der Waals surface area contributed by atoms with Crippen molar-refractivity contribution in [3.05, 3.63) is 23.8 Å². The molecule has 6 heteroatoms. The molecule has 1 aliphatic carbocycles. The average molecular weight is 349 g/mol. The van der Waals surface area contributed by atoms with E-state index in [1.165, 1.54) is 26.7 Å². The fourth-order valence-corrected chi connectivity index (χ4v) is 3.21. The molecule has 0 heterocycles. The molecule has 0 spiro atoms. The molecule has 1 N–H and O–H groups in total. The van der Waals surface area contributed by atoms with Crippen molar-refractivity contribution in [2.45, 2.75) is 39.2 Å². The van der Waals surface area contributed by atoms with Gasteiger partial charge in [-0.25, -0.2) is 4.79 Å². The first-order valence-electron chi connectivity index (χ1n) is 8.64. The minimum Gasteiger partial charge on any atom is -0.493 e. The van der Waals surface area contributed by atoms with Gasteiger partial charge in [0.1, 0.15) is 0 Å². The highest BCUT2D eigenvalue weighted by Gasteiger charge is 2.28. The molecule has 1 aliphatic rings. The first-order chi connectivity index (χ1) is 12.0. The van der Waals surface area contributed by atoms with Crippen molar-refractivity contribution in [3.8, 4) is 11.5 Å². The number of amides is 1. The zero-order valence-corrected chi connectivity index (χ0v) is 15.3. The van der Waals surface area contributed by atoms with Crippen LogP contribution in [0.25, 0.3) is 0 Å². The van der Waals surface area contributed by atoms with Crippen molar-refractivity contribution in [1.29, 1.82) is 0 Å². The Morgan fingerprint density at radius 2 is 1.84 bits per heavy atom. The first-order valence-corrected chi connectivity index (χ1v) is 8.64. The lowest BCUT2D eigenvalue weighted by Gasteiger charge is -2.34. The van der Waals surface area contributed by atoms with Crippen LogP contribution in [0.5, 0.6) is 11.5 Å². The third-order valence-corrected chi connectivity index (χ3v) is 5.01. The van der Waals surface area contributed by atoms with E-state index in [4.69, 9.17) is 14.2 Å². The monoisotopic (exact) mass is 349 g/mol. The average Bonchev–Trinajstić information content (AvgIpc) is 2.62. The van der Waals surface area contributed by atoms with Crippen molar-refractivity contribution >= 4 is 11.9 Å². The molecule has 1 aromatic rings. The molecule has 0 bridgehead atoms. The van der Waals surface area contributed by atoms with Crippen molar-refractivity contribution in [2.24, 2.45) is 11.8 Å². The van der Waals surface area contributed by atoms with E-state index >= 15 is 0 Å². The van der Waals surface area contributed by atoms with Crippen molar-refractivity contribution in [3.63, 3.8) is 0 Å². The standard InChI is InChI=1S/C19H27NO5/c1-12-6-5-7-15(13(12)2)20-18(21)11-25-19(22)14-8-9-16(23-3)17(10-14)24-4/h8-10,12-13,15H,5-7,11H2,1-4H3,(H,20,21)/t12-,13+,15+/m1/s1. The smallest absolute Gasteiger partial charge is 0.338 e. The quantitative estimate of drug-likeness (QED) is 0.800. The summed E-state index contributed by atoms with van der Waals surface area (Å²) in [7, 11) is 3.01. The predicted octanol–water partition coefficient (Wildman–Crippen LogP) is 2.80. The number of rotatable bonds is 6. The van der Waals surface area contributed by atoms with Gasteiger partial charge in [0.15, 0.2) is 18.1 Å². The van der Waals surface area contributed by atoms with Gasteiger partial charge in [-0.2, -0.15) is 0 Å². The molecule has 25 heavy (non-hydrogen) atoms. The van der Waals surface area contributed by atoms with E-state index in [2.05, 4.69) is 19.2 Å². The summed E-state index contributed by atoms with van der Waals surface area (Å²) < 4.78 is 15.4. The minimum atomic E-state index is -0.568. The molecule has 138 valence electrons. The van der Waals surface area contributed by atoms with Crippen molar-refractivity contribution in [2.75, 3.05) is 20.8 Å². The van der Waals surface area contributed by atoms with Gasteiger partial charge in [-0.05, 0) is 36.5 Å². The van der Waals surface area contributed by atoms with E-state index in [0.29, 0.717) is 28.9 Å². The van der Waals surface area contributed by atoms with E-state index in [1.54, 1.807) is 12.1 Å². The van der Waals surface area contributed by atoms with Crippen LogP contribution in [0, 0.1) is 11.8 Å². The normalized spacial score (nSPS) is 22.8. The fraction of sp³-hybridized carbons (Fsp3) is 0.579.